The number of amides is 1. The molecule has 86 valence electrons. The van der Waals surface area contributed by atoms with Gasteiger partial charge in [0.2, 0.25) is 5.91 Å². The van der Waals surface area contributed by atoms with Crippen LogP contribution in [0.1, 0.15) is 26.3 Å². The Labute approximate surface area is 95.2 Å². The molecule has 2 nitrogen and oxygen atoms in total. The normalized spacial score (nSPS) is 11.8. The van der Waals surface area contributed by atoms with Gasteiger partial charge in [0.05, 0.1) is 0 Å². The summed E-state index contributed by atoms with van der Waals surface area (Å²) in [7, 11) is 0. The maximum absolute atomic E-state index is 12.8. The van der Waals surface area contributed by atoms with Crippen LogP contribution < -0.4 is 5.32 Å². The molecule has 0 fully saturated rings. The second-order valence-corrected chi connectivity index (χ2v) is 4.63. The Kier molecular flexibility index (Phi) is 3.82. The Morgan fingerprint density at radius 3 is 2.62 bits per heavy atom. The van der Waals surface area contributed by atoms with Crippen molar-refractivity contribution in [2.24, 2.45) is 0 Å². The van der Waals surface area contributed by atoms with E-state index in [2.05, 4.69) is 5.32 Å². The maximum Gasteiger partial charge on any atom is 0.244 e. The van der Waals surface area contributed by atoms with Gasteiger partial charge in [0.15, 0.2) is 0 Å². The predicted octanol–water partition coefficient (Wildman–Crippen LogP) is 2.75. The molecule has 3 heteroatoms. The van der Waals surface area contributed by atoms with Crippen molar-refractivity contribution in [1.29, 1.82) is 0 Å². The summed E-state index contributed by atoms with van der Waals surface area (Å²) in [4.78, 5) is 11.4. The van der Waals surface area contributed by atoms with Crippen molar-refractivity contribution in [3.63, 3.8) is 0 Å². The van der Waals surface area contributed by atoms with Crippen LogP contribution in [0.5, 0.6) is 0 Å². The Balaban J connectivity index is 2.64. The topological polar surface area (TPSA) is 29.1 Å². The Hall–Kier alpha value is -1.64. The molecule has 0 bridgehead atoms. The molecule has 0 spiro atoms. The average Bonchev–Trinajstić information content (AvgIpc) is 2.12. The smallest absolute Gasteiger partial charge is 0.244 e. The first-order chi connectivity index (χ1) is 7.37. The molecule has 0 atom stereocenters. The van der Waals surface area contributed by atoms with Crippen molar-refractivity contribution in [1.82, 2.24) is 5.32 Å². The quantitative estimate of drug-likeness (QED) is 0.764. The highest BCUT2D eigenvalue weighted by Gasteiger charge is 2.10. The van der Waals surface area contributed by atoms with Crippen molar-refractivity contribution < 1.29 is 9.18 Å². The summed E-state index contributed by atoms with van der Waals surface area (Å²) in [6.45, 7) is 5.71. The molecular weight excluding hydrogens is 205 g/mol. The van der Waals surface area contributed by atoms with E-state index in [4.69, 9.17) is 0 Å². The monoisotopic (exact) mass is 221 g/mol. The highest BCUT2D eigenvalue weighted by molar-refractivity contribution is 5.92. The van der Waals surface area contributed by atoms with E-state index in [1.165, 1.54) is 18.2 Å². The summed E-state index contributed by atoms with van der Waals surface area (Å²) < 4.78 is 12.8. The van der Waals surface area contributed by atoms with Crippen LogP contribution in [-0.4, -0.2) is 11.4 Å². The van der Waals surface area contributed by atoms with E-state index in [0.717, 1.165) is 0 Å². The first-order valence-corrected chi connectivity index (χ1v) is 5.13. The number of rotatable bonds is 2. The predicted molar refractivity (Wildman–Crippen MR) is 63.3 cm³/mol. The van der Waals surface area contributed by atoms with Gasteiger partial charge in [0.1, 0.15) is 5.82 Å². The summed E-state index contributed by atoms with van der Waals surface area (Å²) in [6, 6.07) is 6.09. The lowest BCUT2D eigenvalue weighted by molar-refractivity contribution is -0.117. The molecule has 1 aromatic rings. The molecule has 16 heavy (non-hydrogen) atoms. The zero-order valence-corrected chi connectivity index (χ0v) is 9.75. The van der Waals surface area contributed by atoms with Gasteiger partial charge in [-0.3, -0.25) is 4.79 Å². The number of benzene rings is 1. The van der Waals surface area contributed by atoms with Gasteiger partial charge in [-0.1, -0.05) is 12.1 Å². The number of hydrogen-bond donors (Lipinski definition) is 1. The third kappa shape index (κ3) is 4.73. The van der Waals surface area contributed by atoms with Crippen LogP contribution in [0.2, 0.25) is 0 Å². The van der Waals surface area contributed by atoms with E-state index < -0.39 is 0 Å². The third-order valence-corrected chi connectivity index (χ3v) is 1.77. The summed E-state index contributed by atoms with van der Waals surface area (Å²) in [5.41, 5.74) is 0.410. The second-order valence-electron chi connectivity index (χ2n) is 4.63. The lowest BCUT2D eigenvalue weighted by atomic mass is 10.1. The van der Waals surface area contributed by atoms with Crippen LogP contribution in [0.4, 0.5) is 4.39 Å². The molecule has 1 aromatic carbocycles. The van der Waals surface area contributed by atoms with Gasteiger partial charge in [-0.05, 0) is 44.5 Å². The molecule has 0 aliphatic heterocycles. The first-order valence-electron chi connectivity index (χ1n) is 5.13. The van der Waals surface area contributed by atoms with Crippen molar-refractivity contribution in [3.8, 4) is 0 Å². The van der Waals surface area contributed by atoms with Gasteiger partial charge < -0.3 is 5.32 Å². The molecule has 0 aromatic heterocycles. The molecule has 1 amide bonds. The summed E-state index contributed by atoms with van der Waals surface area (Å²) in [5.74, 6) is -0.491. The van der Waals surface area contributed by atoms with E-state index >= 15 is 0 Å². The number of carbonyl (C=O) groups excluding carboxylic acids is 1. The highest BCUT2D eigenvalue weighted by atomic mass is 19.1. The lowest BCUT2D eigenvalue weighted by Gasteiger charge is -2.18. The number of halogens is 1. The molecule has 0 aliphatic carbocycles. The maximum atomic E-state index is 12.8. The second kappa shape index (κ2) is 4.92. The van der Waals surface area contributed by atoms with Crippen molar-refractivity contribution in [3.05, 3.63) is 41.7 Å². The Morgan fingerprint density at radius 1 is 1.38 bits per heavy atom. The minimum atomic E-state index is -0.307. The average molecular weight is 221 g/mol. The van der Waals surface area contributed by atoms with Crippen LogP contribution in [0.3, 0.4) is 0 Å². The van der Waals surface area contributed by atoms with Gasteiger partial charge in [0.25, 0.3) is 0 Å². The van der Waals surface area contributed by atoms with Crippen molar-refractivity contribution >= 4 is 12.0 Å². The van der Waals surface area contributed by atoms with Crippen LogP contribution in [0, 0.1) is 5.82 Å². The standard InChI is InChI=1S/C13H16FNO/c1-13(2,3)15-12(16)8-7-10-5-4-6-11(14)9-10/h4-9H,1-3H3,(H,15,16)/b8-7-. The molecule has 0 aliphatic rings. The van der Waals surface area contributed by atoms with Gasteiger partial charge in [-0.25, -0.2) is 4.39 Å². The van der Waals surface area contributed by atoms with E-state index in [1.54, 1.807) is 18.2 Å². The molecule has 0 saturated heterocycles. The van der Waals surface area contributed by atoms with Gasteiger partial charge in [0, 0.05) is 11.6 Å². The largest absolute Gasteiger partial charge is 0.348 e. The fraction of sp³-hybridized carbons (Fsp3) is 0.308. The summed E-state index contributed by atoms with van der Waals surface area (Å²) in [6.07, 6.45) is 2.99. The number of nitrogens with one attached hydrogen (secondary N) is 1. The molecule has 1 rings (SSSR count). The molecule has 0 heterocycles. The van der Waals surface area contributed by atoms with Crippen LogP contribution in [0.15, 0.2) is 30.3 Å². The molecule has 0 radical (unpaired) electrons. The van der Waals surface area contributed by atoms with Crippen LogP contribution in [-0.2, 0) is 4.79 Å². The zero-order valence-electron chi connectivity index (χ0n) is 9.75. The Bertz CT molecular complexity index is 405. The first kappa shape index (κ1) is 12.4. The van der Waals surface area contributed by atoms with E-state index in [-0.39, 0.29) is 17.3 Å². The van der Waals surface area contributed by atoms with Gasteiger partial charge in [-0.2, -0.15) is 0 Å². The molecule has 0 saturated carbocycles. The van der Waals surface area contributed by atoms with Gasteiger partial charge in [-0.15, -0.1) is 0 Å². The SMILES string of the molecule is CC(C)(C)NC(=O)/C=C\c1cccc(F)c1. The molecule has 0 unspecified atom stereocenters. The van der Waals surface area contributed by atoms with Crippen molar-refractivity contribution in [2.45, 2.75) is 26.3 Å². The van der Waals surface area contributed by atoms with Gasteiger partial charge >= 0.3 is 0 Å². The third-order valence-electron chi connectivity index (χ3n) is 1.77. The highest BCUT2D eigenvalue weighted by Crippen LogP contribution is 2.05. The Morgan fingerprint density at radius 2 is 2.06 bits per heavy atom. The number of hydrogen-bond acceptors (Lipinski definition) is 1. The minimum absolute atomic E-state index is 0.184. The van der Waals surface area contributed by atoms with Crippen LogP contribution in [0.25, 0.3) is 6.08 Å². The fourth-order valence-corrected chi connectivity index (χ4v) is 1.19. The van der Waals surface area contributed by atoms with Crippen molar-refractivity contribution in [2.75, 3.05) is 0 Å². The molecular formula is C13H16FNO. The fourth-order valence-electron chi connectivity index (χ4n) is 1.19. The van der Waals surface area contributed by atoms with E-state index in [9.17, 15) is 9.18 Å². The number of carbonyl (C=O) groups is 1. The lowest BCUT2D eigenvalue weighted by Crippen LogP contribution is -2.39. The summed E-state index contributed by atoms with van der Waals surface area (Å²) >= 11 is 0. The zero-order chi connectivity index (χ0) is 12.2. The minimum Gasteiger partial charge on any atom is -0.348 e. The molecule has 1 N–H and O–H groups in total. The van der Waals surface area contributed by atoms with Crippen LogP contribution >= 0.6 is 0 Å². The van der Waals surface area contributed by atoms with E-state index in [0.29, 0.717) is 5.56 Å². The van der Waals surface area contributed by atoms with E-state index in [1.807, 2.05) is 20.8 Å². The summed E-state index contributed by atoms with van der Waals surface area (Å²) in [5, 5.41) is 2.78.